The summed E-state index contributed by atoms with van der Waals surface area (Å²) in [6, 6.07) is 17.6. The average molecular weight is 510 g/mol. The normalized spacial score (nSPS) is 15.7. The predicted octanol–water partition coefficient (Wildman–Crippen LogP) is 5.46. The fraction of sp³-hybridized carbons (Fsp3) is 0.200. The summed E-state index contributed by atoms with van der Waals surface area (Å²) in [5.41, 5.74) is 1.91. The van der Waals surface area contributed by atoms with Crippen LogP contribution in [0.3, 0.4) is 0 Å². The summed E-state index contributed by atoms with van der Waals surface area (Å²) in [5, 5.41) is 16.3. The van der Waals surface area contributed by atoms with Gasteiger partial charge in [-0.3, -0.25) is 4.90 Å². The first-order valence-corrected chi connectivity index (χ1v) is 12.4. The van der Waals surface area contributed by atoms with Crippen LogP contribution in [0.4, 0.5) is 10.1 Å². The monoisotopic (exact) mass is 509 g/mol. The van der Waals surface area contributed by atoms with Crippen molar-refractivity contribution in [2.45, 2.75) is 6.04 Å². The third kappa shape index (κ3) is 4.05. The molecule has 5 aromatic rings. The molecule has 0 amide bonds. The minimum atomic E-state index is -0.264. The number of aromatic nitrogens is 3. The molecule has 2 aromatic carbocycles. The molecule has 1 unspecified atom stereocenters. The smallest absolute Gasteiger partial charge is 0.230 e. The summed E-state index contributed by atoms with van der Waals surface area (Å²) in [5.74, 6) is 0.765. The van der Waals surface area contributed by atoms with Crippen LogP contribution in [0.25, 0.3) is 16.5 Å². The molecule has 3 aromatic heterocycles. The molecule has 0 radical (unpaired) electrons. The predicted molar refractivity (Wildman–Crippen MR) is 134 cm³/mol. The Hall–Kier alpha value is -3.40. The van der Waals surface area contributed by atoms with Crippen LogP contribution in [0.1, 0.15) is 16.5 Å². The lowest BCUT2D eigenvalue weighted by Crippen LogP contribution is -2.47. The number of rotatable bonds is 5. The van der Waals surface area contributed by atoms with Crippen LogP contribution in [0.2, 0.25) is 5.02 Å². The van der Waals surface area contributed by atoms with Crippen LogP contribution in [-0.4, -0.2) is 50.8 Å². The highest BCUT2D eigenvalue weighted by molar-refractivity contribution is 7.17. The van der Waals surface area contributed by atoms with E-state index in [4.69, 9.17) is 16.0 Å². The van der Waals surface area contributed by atoms with Crippen molar-refractivity contribution >= 4 is 33.6 Å². The number of aromatic hydroxyl groups is 1. The van der Waals surface area contributed by atoms with Crippen molar-refractivity contribution in [2.24, 2.45) is 0 Å². The van der Waals surface area contributed by atoms with E-state index in [2.05, 4.69) is 19.9 Å². The van der Waals surface area contributed by atoms with Gasteiger partial charge < -0.3 is 14.4 Å². The zero-order chi connectivity index (χ0) is 23.9. The SMILES string of the molecule is Oc1c(C(c2ccccc2Cl)N2CCN(c3ccc(F)cc3)CC2)sc2nc(-c3ccco3)nn12. The number of hydrogen-bond donors (Lipinski definition) is 1. The molecule has 4 heterocycles. The summed E-state index contributed by atoms with van der Waals surface area (Å²) in [7, 11) is 0. The van der Waals surface area contributed by atoms with Gasteiger partial charge in [-0.15, -0.1) is 5.10 Å². The highest BCUT2D eigenvalue weighted by Crippen LogP contribution is 2.42. The second kappa shape index (κ2) is 8.99. The lowest BCUT2D eigenvalue weighted by Gasteiger charge is -2.40. The highest BCUT2D eigenvalue weighted by Gasteiger charge is 2.33. The maximum absolute atomic E-state index is 13.4. The second-order valence-electron chi connectivity index (χ2n) is 8.32. The van der Waals surface area contributed by atoms with E-state index in [0.717, 1.165) is 42.3 Å². The first-order chi connectivity index (χ1) is 17.1. The highest BCUT2D eigenvalue weighted by atomic mass is 35.5. The van der Waals surface area contributed by atoms with E-state index in [1.807, 2.05) is 24.3 Å². The molecule has 0 spiro atoms. The van der Waals surface area contributed by atoms with Crippen LogP contribution >= 0.6 is 22.9 Å². The van der Waals surface area contributed by atoms with Crippen molar-refractivity contribution in [3.63, 3.8) is 0 Å². The minimum Gasteiger partial charge on any atom is -0.492 e. The van der Waals surface area contributed by atoms with Gasteiger partial charge in [0, 0.05) is 36.9 Å². The van der Waals surface area contributed by atoms with E-state index in [1.54, 1.807) is 30.5 Å². The van der Waals surface area contributed by atoms with E-state index in [1.165, 1.54) is 28.0 Å². The molecule has 0 aliphatic carbocycles. The van der Waals surface area contributed by atoms with Gasteiger partial charge in [-0.2, -0.15) is 9.50 Å². The van der Waals surface area contributed by atoms with Gasteiger partial charge in [-0.1, -0.05) is 41.1 Å². The summed E-state index contributed by atoms with van der Waals surface area (Å²) < 4.78 is 20.2. The molecular formula is C25H21ClFN5O2S. The Balaban J connectivity index is 1.34. The summed E-state index contributed by atoms with van der Waals surface area (Å²) in [6.45, 7) is 2.99. The average Bonchev–Trinajstić information content (AvgIpc) is 3.61. The van der Waals surface area contributed by atoms with Crippen molar-refractivity contribution in [1.29, 1.82) is 0 Å². The molecule has 10 heteroatoms. The lowest BCUT2D eigenvalue weighted by molar-refractivity contribution is 0.211. The Bertz CT molecular complexity index is 1460. The van der Waals surface area contributed by atoms with Crippen LogP contribution in [0.5, 0.6) is 5.88 Å². The molecule has 35 heavy (non-hydrogen) atoms. The first kappa shape index (κ1) is 22.1. The molecule has 6 rings (SSSR count). The van der Waals surface area contributed by atoms with E-state index < -0.39 is 0 Å². The maximum atomic E-state index is 13.4. The maximum Gasteiger partial charge on any atom is 0.230 e. The van der Waals surface area contributed by atoms with Crippen LogP contribution in [-0.2, 0) is 0 Å². The van der Waals surface area contributed by atoms with Crippen LogP contribution < -0.4 is 4.90 Å². The fourth-order valence-electron chi connectivity index (χ4n) is 4.53. The lowest BCUT2D eigenvalue weighted by atomic mass is 10.0. The fourth-order valence-corrected chi connectivity index (χ4v) is 5.88. The molecule has 1 N–H and O–H groups in total. The van der Waals surface area contributed by atoms with E-state index in [0.29, 0.717) is 21.6 Å². The molecule has 1 aliphatic rings. The molecule has 0 saturated carbocycles. The van der Waals surface area contributed by atoms with Gasteiger partial charge in [0.25, 0.3) is 0 Å². The molecule has 1 aliphatic heterocycles. The van der Waals surface area contributed by atoms with Gasteiger partial charge in [-0.25, -0.2) is 4.39 Å². The van der Waals surface area contributed by atoms with Crippen LogP contribution in [0.15, 0.2) is 71.3 Å². The largest absolute Gasteiger partial charge is 0.492 e. The quantitative estimate of drug-likeness (QED) is 0.339. The molecule has 1 saturated heterocycles. The van der Waals surface area contributed by atoms with Crippen molar-refractivity contribution < 1.29 is 13.9 Å². The Morgan fingerprint density at radius 2 is 1.77 bits per heavy atom. The molecule has 1 fully saturated rings. The van der Waals surface area contributed by atoms with Crippen molar-refractivity contribution in [3.05, 3.63) is 88.2 Å². The Labute approximate surface area is 209 Å². The third-order valence-corrected chi connectivity index (χ3v) is 7.68. The number of nitrogens with zero attached hydrogens (tertiary/aromatic N) is 5. The number of anilines is 1. The molecule has 0 bridgehead atoms. The zero-order valence-electron chi connectivity index (χ0n) is 18.5. The summed E-state index contributed by atoms with van der Waals surface area (Å²) >= 11 is 8.03. The minimum absolute atomic E-state index is 0.0428. The Morgan fingerprint density at radius 3 is 2.46 bits per heavy atom. The van der Waals surface area contributed by atoms with E-state index in [9.17, 15) is 9.50 Å². The van der Waals surface area contributed by atoms with Gasteiger partial charge in [0.05, 0.1) is 17.2 Å². The van der Waals surface area contributed by atoms with Gasteiger partial charge in [0.1, 0.15) is 5.82 Å². The molecule has 178 valence electrons. The van der Waals surface area contributed by atoms with Crippen molar-refractivity contribution in [2.75, 3.05) is 31.1 Å². The van der Waals surface area contributed by atoms with Crippen molar-refractivity contribution in [1.82, 2.24) is 19.5 Å². The number of thiazole rings is 1. The number of halogens is 2. The number of furan rings is 1. The number of fused-ring (bicyclic) bond motifs is 1. The molecule has 1 atom stereocenters. The number of benzene rings is 2. The van der Waals surface area contributed by atoms with E-state index >= 15 is 0 Å². The molecule has 7 nitrogen and oxygen atoms in total. The first-order valence-electron chi connectivity index (χ1n) is 11.2. The van der Waals surface area contributed by atoms with Gasteiger partial charge in [0.15, 0.2) is 5.76 Å². The Kier molecular flexibility index (Phi) is 5.68. The van der Waals surface area contributed by atoms with Gasteiger partial charge in [-0.05, 0) is 48.0 Å². The number of hydrogen-bond acceptors (Lipinski definition) is 7. The van der Waals surface area contributed by atoms with Crippen LogP contribution in [0, 0.1) is 5.82 Å². The standard InChI is InChI=1S/C25H21ClFN5O2S/c26-19-5-2-1-4-18(19)21(31-13-11-30(12-14-31)17-9-7-16(27)8-10-17)22-24(33)32-25(35-22)28-23(29-32)20-6-3-15-34-20/h1-10,15,21,33H,11-14H2. The second-order valence-corrected chi connectivity index (χ2v) is 9.74. The zero-order valence-corrected chi connectivity index (χ0v) is 20.1. The summed E-state index contributed by atoms with van der Waals surface area (Å²) in [6.07, 6.45) is 1.56. The van der Waals surface area contributed by atoms with Crippen molar-refractivity contribution in [3.8, 4) is 17.5 Å². The summed E-state index contributed by atoms with van der Waals surface area (Å²) in [4.78, 5) is 10.4. The number of piperazine rings is 1. The van der Waals surface area contributed by atoms with Gasteiger partial charge >= 0.3 is 0 Å². The van der Waals surface area contributed by atoms with Gasteiger partial charge in [0.2, 0.25) is 16.7 Å². The third-order valence-electron chi connectivity index (χ3n) is 6.26. The molecular weight excluding hydrogens is 489 g/mol. The van der Waals surface area contributed by atoms with E-state index in [-0.39, 0.29) is 17.7 Å². The Morgan fingerprint density at radius 1 is 1.00 bits per heavy atom. The topological polar surface area (TPSA) is 70.0 Å².